The van der Waals surface area contributed by atoms with Crippen molar-refractivity contribution in [2.45, 2.75) is 27.7 Å². The molecule has 0 radical (unpaired) electrons. The molecule has 2 rings (SSSR count). The van der Waals surface area contributed by atoms with Crippen LogP contribution in [0.3, 0.4) is 0 Å². The first-order valence-electron chi connectivity index (χ1n) is 7.27. The maximum Gasteiger partial charge on any atom is 0.339 e. The van der Waals surface area contributed by atoms with Gasteiger partial charge in [0, 0.05) is 17.7 Å². The third-order valence-corrected chi connectivity index (χ3v) is 4.01. The molecule has 5 heteroatoms. The molecule has 0 bridgehead atoms. The van der Waals surface area contributed by atoms with Crippen molar-refractivity contribution in [1.29, 1.82) is 0 Å². The smallest absolute Gasteiger partial charge is 0.339 e. The van der Waals surface area contributed by atoms with Crippen molar-refractivity contribution in [2.24, 2.45) is 0 Å². The predicted octanol–water partition coefficient (Wildman–Crippen LogP) is 2.59. The van der Waals surface area contributed by atoms with E-state index in [4.69, 9.17) is 4.74 Å². The molecule has 1 heterocycles. The summed E-state index contributed by atoms with van der Waals surface area (Å²) in [7, 11) is 0. The lowest BCUT2D eigenvalue weighted by molar-refractivity contribution is -0.605. The number of benzene rings is 1. The van der Waals surface area contributed by atoms with Gasteiger partial charge in [-0.1, -0.05) is 6.07 Å². The third-order valence-electron chi connectivity index (χ3n) is 4.01. The number of ether oxygens (including phenoxy) is 1. The predicted molar refractivity (Wildman–Crippen MR) is 85.4 cm³/mol. The number of carbonyl (C=O) groups is 2. The van der Waals surface area contributed by atoms with E-state index in [2.05, 4.69) is 0 Å². The zero-order valence-corrected chi connectivity index (χ0v) is 13.7. The summed E-state index contributed by atoms with van der Waals surface area (Å²) in [4.78, 5) is 24.3. The number of hydrogen-bond acceptors (Lipinski definition) is 4. The van der Waals surface area contributed by atoms with Gasteiger partial charge in [-0.2, -0.15) is 4.73 Å². The van der Waals surface area contributed by atoms with Crippen LogP contribution in [0, 0.1) is 32.9 Å². The molecule has 0 N–H and O–H groups in total. The van der Waals surface area contributed by atoms with Crippen LogP contribution in [0.1, 0.15) is 43.0 Å². The van der Waals surface area contributed by atoms with Crippen molar-refractivity contribution in [3.8, 4) is 0 Å². The van der Waals surface area contributed by atoms with Crippen molar-refractivity contribution in [3.63, 3.8) is 0 Å². The number of aryl methyl sites for hydroxylation is 2. The maximum atomic E-state index is 12.4. The molecule has 2 aromatic rings. The molecule has 0 saturated carbocycles. The normalized spacial score (nSPS) is 10.4. The van der Waals surface area contributed by atoms with E-state index in [9.17, 15) is 14.8 Å². The molecule has 5 nitrogen and oxygen atoms in total. The first-order chi connectivity index (χ1) is 10.8. The number of nitrogens with zero attached hydrogens (tertiary/aromatic N) is 1. The minimum absolute atomic E-state index is 0.230. The van der Waals surface area contributed by atoms with Gasteiger partial charge in [0.25, 0.3) is 0 Å². The van der Waals surface area contributed by atoms with Gasteiger partial charge in [0.1, 0.15) is 0 Å². The Labute approximate surface area is 135 Å². The van der Waals surface area contributed by atoms with Crippen LogP contribution in [0.2, 0.25) is 0 Å². The average Bonchev–Trinajstić information content (AvgIpc) is 2.51. The maximum absolute atomic E-state index is 12.4. The second kappa shape index (κ2) is 6.60. The van der Waals surface area contributed by atoms with E-state index < -0.39 is 5.97 Å². The summed E-state index contributed by atoms with van der Waals surface area (Å²) in [5, 5.41) is 10.9. The summed E-state index contributed by atoms with van der Waals surface area (Å²) >= 11 is 0. The van der Waals surface area contributed by atoms with Gasteiger partial charge in [-0.3, -0.25) is 4.79 Å². The molecular weight excluding hydrogens is 294 g/mol. The van der Waals surface area contributed by atoms with Crippen LogP contribution in [0.15, 0.2) is 30.6 Å². The highest BCUT2D eigenvalue weighted by molar-refractivity contribution is 6.01. The van der Waals surface area contributed by atoms with E-state index in [1.165, 1.54) is 24.5 Å². The highest BCUT2D eigenvalue weighted by atomic mass is 16.5. The molecule has 0 atom stereocenters. The summed E-state index contributed by atoms with van der Waals surface area (Å²) in [6.45, 7) is 7.42. The number of pyridine rings is 1. The van der Waals surface area contributed by atoms with Gasteiger partial charge >= 0.3 is 5.97 Å². The lowest BCUT2D eigenvalue weighted by Crippen LogP contribution is -2.25. The van der Waals surface area contributed by atoms with Gasteiger partial charge in [-0.15, -0.1) is 0 Å². The fourth-order valence-electron chi connectivity index (χ4n) is 2.55. The molecule has 0 saturated heterocycles. The highest BCUT2D eigenvalue weighted by Crippen LogP contribution is 2.22. The van der Waals surface area contributed by atoms with Crippen molar-refractivity contribution in [1.82, 2.24) is 0 Å². The van der Waals surface area contributed by atoms with Crippen LogP contribution < -0.4 is 4.73 Å². The largest absolute Gasteiger partial charge is 0.619 e. The molecule has 0 aliphatic rings. The van der Waals surface area contributed by atoms with Gasteiger partial charge in [0.15, 0.2) is 19.0 Å². The van der Waals surface area contributed by atoms with Gasteiger partial charge in [0.05, 0.1) is 5.56 Å². The number of Topliss-reactive ketones (excluding diaryl/α,β-unsaturated/α-hetero) is 1. The Kier molecular flexibility index (Phi) is 4.79. The Bertz CT molecular complexity index is 764. The van der Waals surface area contributed by atoms with E-state index in [-0.39, 0.29) is 18.0 Å². The van der Waals surface area contributed by atoms with Gasteiger partial charge in [0.2, 0.25) is 5.78 Å². The Morgan fingerprint density at radius 2 is 1.65 bits per heavy atom. The molecule has 0 spiro atoms. The minimum atomic E-state index is -0.627. The third kappa shape index (κ3) is 3.56. The molecule has 120 valence electrons. The van der Waals surface area contributed by atoms with Crippen LogP contribution in [-0.4, -0.2) is 18.4 Å². The monoisotopic (exact) mass is 313 g/mol. The molecule has 0 fully saturated rings. The standard InChI is InChI=1S/C18H19NO4/c1-11-9-12(2)17(14(4)13(11)3)16(20)10-23-18(21)15-5-7-19(22)8-6-15/h5-9H,10H2,1-4H3. The van der Waals surface area contributed by atoms with Crippen LogP contribution in [-0.2, 0) is 4.74 Å². The topological polar surface area (TPSA) is 70.3 Å². The van der Waals surface area contributed by atoms with Crippen LogP contribution >= 0.6 is 0 Å². The first-order valence-corrected chi connectivity index (χ1v) is 7.27. The SMILES string of the molecule is Cc1cc(C)c(C(=O)COC(=O)c2cc[n+]([O-])cc2)c(C)c1C. The quantitative estimate of drug-likeness (QED) is 0.376. The highest BCUT2D eigenvalue weighted by Gasteiger charge is 2.18. The second-order valence-electron chi connectivity index (χ2n) is 5.58. The fourth-order valence-corrected chi connectivity index (χ4v) is 2.55. The van der Waals surface area contributed by atoms with E-state index in [0.717, 1.165) is 22.3 Å². The fraction of sp³-hybridized carbons (Fsp3) is 0.278. The van der Waals surface area contributed by atoms with Gasteiger partial charge < -0.3 is 9.94 Å². The first kappa shape index (κ1) is 16.7. The Morgan fingerprint density at radius 1 is 1.04 bits per heavy atom. The van der Waals surface area contributed by atoms with Crippen LogP contribution in [0.4, 0.5) is 0 Å². The summed E-state index contributed by atoms with van der Waals surface area (Å²) in [5.41, 5.74) is 4.82. The van der Waals surface area contributed by atoms with E-state index in [1.54, 1.807) is 0 Å². The zero-order chi connectivity index (χ0) is 17.1. The molecule has 0 amide bonds. The number of rotatable bonds is 4. The Morgan fingerprint density at radius 3 is 2.26 bits per heavy atom. The minimum Gasteiger partial charge on any atom is -0.619 e. The number of esters is 1. The summed E-state index contributed by atoms with van der Waals surface area (Å²) in [6.07, 6.45) is 2.41. The zero-order valence-electron chi connectivity index (χ0n) is 13.7. The molecule has 1 aromatic heterocycles. The summed E-state index contributed by atoms with van der Waals surface area (Å²) in [6, 6.07) is 4.67. The van der Waals surface area contributed by atoms with E-state index in [1.807, 2.05) is 33.8 Å². The Balaban J connectivity index is 2.13. The molecule has 0 aliphatic heterocycles. The van der Waals surface area contributed by atoms with Crippen molar-refractivity contribution in [3.05, 3.63) is 69.2 Å². The molecular formula is C18H19NO4. The summed E-state index contributed by atoms with van der Waals surface area (Å²) in [5.74, 6) is -0.857. The van der Waals surface area contributed by atoms with Crippen LogP contribution in [0.5, 0.6) is 0 Å². The number of carbonyl (C=O) groups excluding carboxylic acids is 2. The molecule has 1 aromatic carbocycles. The van der Waals surface area contributed by atoms with Crippen LogP contribution in [0.25, 0.3) is 0 Å². The van der Waals surface area contributed by atoms with Crippen molar-refractivity contribution < 1.29 is 19.1 Å². The Hall–Kier alpha value is -2.69. The lowest BCUT2D eigenvalue weighted by Gasteiger charge is -2.14. The lowest BCUT2D eigenvalue weighted by atomic mass is 9.92. The second-order valence-corrected chi connectivity index (χ2v) is 5.58. The number of aromatic nitrogens is 1. The average molecular weight is 313 g/mol. The van der Waals surface area contributed by atoms with Gasteiger partial charge in [-0.05, 0) is 49.9 Å². The summed E-state index contributed by atoms with van der Waals surface area (Å²) < 4.78 is 5.64. The van der Waals surface area contributed by atoms with E-state index >= 15 is 0 Å². The molecule has 0 unspecified atom stereocenters. The van der Waals surface area contributed by atoms with Crippen molar-refractivity contribution >= 4 is 11.8 Å². The number of hydrogen-bond donors (Lipinski definition) is 0. The van der Waals surface area contributed by atoms with Crippen molar-refractivity contribution in [2.75, 3.05) is 6.61 Å². The molecule has 0 aliphatic carbocycles. The number of ketones is 1. The molecule has 23 heavy (non-hydrogen) atoms. The van der Waals surface area contributed by atoms with Gasteiger partial charge in [-0.25, -0.2) is 4.79 Å². The van der Waals surface area contributed by atoms with E-state index in [0.29, 0.717) is 10.3 Å².